The van der Waals surface area contributed by atoms with Crippen molar-refractivity contribution in [1.29, 1.82) is 0 Å². The van der Waals surface area contributed by atoms with Crippen molar-refractivity contribution in [3.8, 4) is 0 Å². The summed E-state index contributed by atoms with van der Waals surface area (Å²) in [4.78, 5) is 9.31. The smallest absolute Gasteiger partial charge is 0.280 e. The van der Waals surface area contributed by atoms with Gasteiger partial charge in [-0.2, -0.15) is 0 Å². The summed E-state index contributed by atoms with van der Waals surface area (Å²) < 4.78 is 0. The molecule has 0 aliphatic carbocycles. The molecule has 0 fully saturated rings. The lowest BCUT2D eigenvalue weighted by Crippen LogP contribution is -2.22. The van der Waals surface area contributed by atoms with E-state index in [2.05, 4.69) is 44.5 Å². The Balaban J connectivity index is 0. The van der Waals surface area contributed by atoms with Crippen LogP contribution in [0.15, 0.2) is 10.3 Å². The lowest BCUT2D eigenvalue weighted by molar-refractivity contribution is -0.0497. The topological polar surface area (TPSA) is 67.2 Å². The van der Waals surface area contributed by atoms with Crippen LogP contribution in [0.25, 0.3) is 0 Å². The highest BCUT2D eigenvalue weighted by Crippen LogP contribution is 1.80. The van der Waals surface area contributed by atoms with E-state index in [1.165, 1.54) is 19.3 Å². The zero-order valence-electron chi connectivity index (χ0n) is 14.9. The van der Waals surface area contributed by atoms with Crippen LogP contribution >= 0.6 is 0 Å². The first-order valence-corrected chi connectivity index (χ1v) is 8.52. The molecule has 0 aromatic carbocycles. The molecular weight excluding hydrogens is 280 g/mol. The minimum Gasteiger partial charge on any atom is -0.352 e. The van der Waals surface area contributed by atoms with Gasteiger partial charge in [-0.3, -0.25) is 0 Å². The zero-order chi connectivity index (χ0) is 16.7. The van der Waals surface area contributed by atoms with Crippen LogP contribution in [0, 0.1) is 0 Å². The summed E-state index contributed by atoms with van der Waals surface area (Å²) in [5.41, 5.74) is 0. The Bertz CT molecular complexity index is 214. The Morgan fingerprint density at radius 1 is 0.727 bits per heavy atom. The van der Waals surface area contributed by atoms with Gasteiger partial charge in [-0.05, 0) is 58.3 Å². The first-order chi connectivity index (χ1) is 10.8. The average molecular weight is 316 g/mol. The molecule has 6 heteroatoms. The maximum absolute atomic E-state index is 4.65. The fourth-order valence-corrected chi connectivity index (χ4v) is 1.28. The van der Waals surface area contributed by atoms with Crippen LogP contribution in [0.4, 0.5) is 0 Å². The van der Waals surface area contributed by atoms with Gasteiger partial charge in [0.2, 0.25) is 0 Å². The molecule has 0 aliphatic heterocycles. The van der Waals surface area contributed by atoms with E-state index in [0.717, 1.165) is 39.0 Å². The molecule has 0 heterocycles. The van der Waals surface area contributed by atoms with Crippen molar-refractivity contribution in [1.82, 2.24) is 10.6 Å². The number of nitrogens with one attached hydrogen (secondary N) is 2. The van der Waals surface area contributed by atoms with Crippen LogP contribution in [0.1, 0.15) is 59.8 Å². The van der Waals surface area contributed by atoms with Gasteiger partial charge in [0, 0.05) is 12.4 Å². The predicted octanol–water partition coefficient (Wildman–Crippen LogP) is 3.14. The van der Waals surface area contributed by atoms with Crippen LogP contribution in [0.3, 0.4) is 0 Å². The van der Waals surface area contributed by atoms with E-state index in [4.69, 9.17) is 0 Å². The van der Waals surface area contributed by atoms with E-state index in [1.54, 1.807) is 12.4 Å². The first kappa shape index (κ1) is 23.1. The standard InChI is InChI=1S/C9H22N2.C7H14N2O2/c1-3-6-10-8-5-9-11-7-4-2;1-3-5-8-10-7-11-9-6-4-2/h10-11H,3-9H2,1-2H3;5-6H,3-4,7H2,1-2H3/b;8-5+,9-6+. The summed E-state index contributed by atoms with van der Waals surface area (Å²) in [6, 6.07) is 0. The maximum Gasteiger partial charge on any atom is 0.280 e. The summed E-state index contributed by atoms with van der Waals surface area (Å²) in [5, 5.41) is 13.9. The predicted molar refractivity (Wildman–Crippen MR) is 95.5 cm³/mol. The molecule has 0 rings (SSSR count). The second-order valence-electron chi connectivity index (χ2n) is 4.62. The van der Waals surface area contributed by atoms with Crippen molar-refractivity contribution in [3.63, 3.8) is 0 Å². The van der Waals surface area contributed by atoms with E-state index >= 15 is 0 Å². The highest BCUT2D eigenvalue weighted by atomic mass is 16.8. The van der Waals surface area contributed by atoms with E-state index < -0.39 is 0 Å². The second-order valence-corrected chi connectivity index (χ2v) is 4.62. The van der Waals surface area contributed by atoms with Crippen LogP contribution in [-0.2, 0) is 9.68 Å². The van der Waals surface area contributed by atoms with Crippen molar-refractivity contribution in [3.05, 3.63) is 0 Å². The normalized spacial score (nSPS) is 10.7. The number of rotatable bonds is 14. The Hall–Kier alpha value is -1.14. The zero-order valence-corrected chi connectivity index (χ0v) is 14.9. The fourth-order valence-electron chi connectivity index (χ4n) is 1.28. The molecule has 0 saturated carbocycles. The Labute approximate surface area is 136 Å². The molecule has 0 atom stereocenters. The third-order valence-electron chi connectivity index (χ3n) is 2.33. The summed E-state index contributed by atoms with van der Waals surface area (Å²) in [5.74, 6) is 0. The molecular formula is C16H36N4O2. The van der Waals surface area contributed by atoms with Crippen molar-refractivity contribution >= 4 is 12.4 Å². The van der Waals surface area contributed by atoms with Gasteiger partial charge in [0.15, 0.2) is 0 Å². The van der Waals surface area contributed by atoms with Gasteiger partial charge in [-0.25, -0.2) is 0 Å². The molecule has 0 spiro atoms. The number of nitrogens with zero attached hydrogens (tertiary/aromatic N) is 2. The minimum absolute atomic E-state index is 0.0764. The molecule has 0 bridgehead atoms. The van der Waals surface area contributed by atoms with Gasteiger partial charge in [-0.15, -0.1) is 0 Å². The summed E-state index contributed by atoms with van der Waals surface area (Å²) in [7, 11) is 0. The van der Waals surface area contributed by atoms with Gasteiger partial charge in [0.05, 0.1) is 0 Å². The number of oxime groups is 2. The van der Waals surface area contributed by atoms with Crippen LogP contribution in [0.2, 0.25) is 0 Å². The van der Waals surface area contributed by atoms with Crippen molar-refractivity contribution < 1.29 is 9.68 Å². The third kappa shape index (κ3) is 27.2. The van der Waals surface area contributed by atoms with Gasteiger partial charge < -0.3 is 20.3 Å². The lowest BCUT2D eigenvalue weighted by Gasteiger charge is -2.03. The molecule has 0 aromatic heterocycles. The van der Waals surface area contributed by atoms with Gasteiger partial charge in [0.25, 0.3) is 6.79 Å². The van der Waals surface area contributed by atoms with E-state index in [-0.39, 0.29) is 6.79 Å². The maximum atomic E-state index is 4.65. The van der Waals surface area contributed by atoms with Crippen LogP contribution < -0.4 is 10.6 Å². The lowest BCUT2D eigenvalue weighted by atomic mass is 10.4. The average Bonchev–Trinajstić information content (AvgIpc) is 2.54. The molecule has 0 radical (unpaired) electrons. The molecule has 0 unspecified atom stereocenters. The van der Waals surface area contributed by atoms with Crippen molar-refractivity contribution in [2.24, 2.45) is 10.3 Å². The summed E-state index contributed by atoms with van der Waals surface area (Å²) in [6.07, 6.45) is 8.76. The highest BCUT2D eigenvalue weighted by Gasteiger charge is 1.86. The largest absolute Gasteiger partial charge is 0.352 e. The van der Waals surface area contributed by atoms with Crippen molar-refractivity contribution in [2.45, 2.75) is 59.8 Å². The number of hydrogen-bond acceptors (Lipinski definition) is 6. The molecule has 6 nitrogen and oxygen atoms in total. The molecule has 22 heavy (non-hydrogen) atoms. The van der Waals surface area contributed by atoms with Gasteiger partial charge in [0.1, 0.15) is 0 Å². The fraction of sp³-hybridized carbons (Fsp3) is 0.875. The molecule has 0 aromatic rings. The Morgan fingerprint density at radius 3 is 1.55 bits per heavy atom. The summed E-state index contributed by atoms with van der Waals surface area (Å²) in [6.45, 7) is 13.1. The number of hydrogen-bond donors (Lipinski definition) is 2. The van der Waals surface area contributed by atoms with Crippen molar-refractivity contribution in [2.75, 3.05) is 33.0 Å². The van der Waals surface area contributed by atoms with Crippen LogP contribution in [-0.4, -0.2) is 45.4 Å². The Kier molecular flexibility index (Phi) is 26.1. The molecule has 0 amide bonds. The van der Waals surface area contributed by atoms with Gasteiger partial charge in [-0.1, -0.05) is 38.0 Å². The molecule has 132 valence electrons. The SMILES string of the molecule is CC/C=N/OCO/N=C/CC.CCCNCCCNCCC. The monoisotopic (exact) mass is 316 g/mol. The van der Waals surface area contributed by atoms with E-state index in [9.17, 15) is 0 Å². The van der Waals surface area contributed by atoms with Gasteiger partial charge >= 0.3 is 0 Å². The minimum atomic E-state index is 0.0764. The quantitative estimate of drug-likeness (QED) is 0.224. The Morgan fingerprint density at radius 2 is 1.18 bits per heavy atom. The van der Waals surface area contributed by atoms with Crippen LogP contribution in [0.5, 0.6) is 0 Å². The second kappa shape index (κ2) is 24.9. The highest BCUT2D eigenvalue weighted by molar-refractivity contribution is 5.55. The first-order valence-electron chi connectivity index (χ1n) is 8.52. The van der Waals surface area contributed by atoms with E-state index in [1.807, 2.05) is 13.8 Å². The molecule has 0 saturated heterocycles. The van der Waals surface area contributed by atoms with E-state index in [0.29, 0.717) is 0 Å². The molecule has 2 N–H and O–H groups in total. The summed E-state index contributed by atoms with van der Waals surface area (Å²) >= 11 is 0. The molecule has 0 aliphatic rings. The third-order valence-corrected chi connectivity index (χ3v) is 2.33.